The van der Waals surface area contributed by atoms with Crippen LogP contribution in [0, 0.1) is 0 Å². The third kappa shape index (κ3) is 7.23. The number of hydrogen-bond donors (Lipinski definition) is 4. The van der Waals surface area contributed by atoms with Gasteiger partial charge in [0.25, 0.3) is 10.0 Å². The number of sulfonamides is 1. The molecule has 0 aromatic heterocycles. The van der Waals surface area contributed by atoms with Crippen LogP contribution in [0.15, 0.2) is 102 Å². The Kier molecular flexibility index (Phi) is 8.45. The van der Waals surface area contributed by atoms with Crippen LogP contribution in [-0.4, -0.2) is 36.5 Å². The van der Waals surface area contributed by atoms with E-state index in [1.807, 2.05) is 30.3 Å². The summed E-state index contributed by atoms with van der Waals surface area (Å²) >= 11 is 0. The third-order valence-electron chi connectivity index (χ3n) is 5.71. The summed E-state index contributed by atoms with van der Waals surface area (Å²) < 4.78 is 33.6. The Morgan fingerprint density at radius 3 is 2.08 bits per heavy atom. The van der Waals surface area contributed by atoms with Gasteiger partial charge in [-0.3, -0.25) is 9.52 Å². The van der Waals surface area contributed by atoms with Gasteiger partial charge in [0, 0.05) is 6.54 Å². The zero-order valence-corrected chi connectivity index (χ0v) is 21.7. The number of carboxylic acid groups (broad SMARTS) is 2. The molecule has 0 radical (unpaired) electrons. The fraction of sp³-hybridized carbons (Fsp3) is 0.0690. The Bertz CT molecular complexity index is 1650. The van der Waals surface area contributed by atoms with Gasteiger partial charge in [0.05, 0.1) is 28.1 Å². The van der Waals surface area contributed by atoms with Gasteiger partial charge in [-0.2, -0.15) is 0 Å². The highest BCUT2D eigenvalue weighted by atomic mass is 32.2. The van der Waals surface area contributed by atoms with E-state index in [4.69, 9.17) is 9.84 Å². The molecule has 40 heavy (non-hydrogen) atoms. The van der Waals surface area contributed by atoms with E-state index in [-0.39, 0.29) is 46.3 Å². The maximum absolute atomic E-state index is 12.8. The van der Waals surface area contributed by atoms with Gasteiger partial charge >= 0.3 is 11.9 Å². The molecule has 11 heteroatoms. The number of carboxylic acids is 2. The molecule has 4 aromatic rings. The van der Waals surface area contributed by atoms with Crippen LogP contribution in [0.25, 0.3) is 0 Å². The Morgan fingerprint density at radius 1 is 0.725 bits per heavy atom. The Hall–Kier alpha value is -5.16. The molecule has 0 aliphatic carbocycles. The predicted octanol–water partition coefficient (Wildman–Crippen LogP) is 4.54. The lowest BCUT2D eigenvalue weighted by Crippen LogP contribution is -2.24. The Morgan fingerprint density at radius 2 is 1.40 bits per heavy atom. The van der Waals surface area contributed by atoms with Gasteiger partial charge in [-0.25, -0.2) is 18.0 Å². The zero-order chi connectivity index (χ0) is 28.7. The number of benzene rings is 4. The summed E-state index contributed by atoms with van der Waals surface area (Å²) in [5.41, 5.74) is 1.01. The van der Waals surface area contributed by atoms with E-state index in [1.165, 1.54) is 18.2 Å². The van der Waals surface area contributed by atoms with Crippen LogP contribution < -0.4 is 14.8 Å². The van der Waals surface area contributed by atoms with Gasteiger partial charge < -0.3 is 20.3 Å². The van der Waals surface area contributed by atoms with E-state index in [9.17, 15) is 27.9 Å². The summed E-state index contributed by atoms with van der Waals surface area (Å²) in [4.78, 5) is 34.9. The quantitative estimate of drug-likeness (QED) is 0.208. The van der Waals surface area contributed by atoms with Crippen LogP contribution in [-0.2, 0) is 27.8 Å². The fourth-order valence-electron chi connectivity index (χ4n) is 3.73. The molecule has 4 rings (SSSR count). The van der Waals surface area contributed by atoms with E-state index >= 15 is 0 Å². The molecule has 0 saturated heterocycles. The molecule has 0 bridgehead atoms. The third-order valence-corrected chi connectivity index (χ3v) is 7.09. The molecule has 1 amide bonds. The molecule has 4 aromatic carbocycles. The van der Waals surface area contributed by atoms with Crippen molar-refractivity contribution in [3.8, 4) is 11.5 Å². The van der Waals surface area contributed by atoms with Gasteiger partial charge in [-0.1, -0.05) is 42.5 Å². The van der Waals surface area contributed by atoms with Crippen LogP contribution in [0.5, 0.6) is 11.5 Å². The van der Waals surface area contributed by atoms with E-state index in [1.54, 1.807) is 24.3 Å². The first-order valence-electron chi connectivity index (χ1n) is 11.9. The number of ether oxygens (including phenoxy) is 1. The molecular weight excluding hydrogens is 536 g/mol. The molecule has 0 heterocycles. The first-order chi connectivity index (χ1) is 19.1. The zero-order valence-electron chi connectivity index (χ0n) is 20.9. The summed E-state index contributed by atoms with van der Waals surface area (Å²) in [7, 11) is -4.20. The lowest BCUT2D eigenvalue weighted by Gasteiger charge is -2.13. The van der Waals surface area contributed by atoms with Gasteiger partial charge in [0.15, 0.2) is 0 Å². The number of carbonyl (C=O) groups is 3. The van der Waals surface area contributed by atoms with E-state index < -0.39 is 22.0 Å². The number of hydrogen-bond acceptors (Lipinski definition) is 6. The molecule has 0 atom stereocenters. The van der Waals surface area contributed by atoms with Crippen molar-refractivity contribution in [1.29, 1.82) is 0 Å². The van der Waals surface area contributed by atoms with Crippen molar-refractivity contribution in [1.82, 2.24) is 5.32 Å². The van der Waals surface area contributed by atoms with Crippen molar-refractivity contribution in [2.24, 2.45) is 0 Å². The number of amides is 1. The largest absolute Gasteiger partial charge is 0.478 e. The van der Waals surface area contributed by atoms with Gasteiger partial charge in [-0.15, -0.1) is 0 Å². The second-order valence-electron chi connectivity index (χ2n) is 8.64. The fourth-order valence-corrected chi connectivity index (χ4v) is 4.81. The van der Waals surface area contributed by atoms with Gasteiger partial charge in [0.1, 0.15) is 11.5 Å². The molecule has 0 fully saturated rings. The lowest BCUT2D eigenvalue weighted by molar-refractivity contribution is -0.120. The summed E-state index contributed by atoms with van der Waals surface area (Å²) in [5.74, 6) is -2.20. The minimum atomic E-state index is -4.20. The maximum Gasteiger partial charge on any atom is 0.337 e. The average molecular weight is 561 g/mol. The predicted molar refractivity (Wildman–Crippen MR) is 146 cm³/mol. The minimum absolute atomic E-state index is 0.0923. The smallest absolute Gasteiger partial charge is 0.337 e. The molecule has 10 nitrogen and oxygen atoms in total. The number of nitrogens with one attached hydrogen (secondary N) is 2. The van der Waals surface area contributed by atoms with Crippen LogP contribution in [0.3, 0.4) is 0 Å². The second kappa shape index (κ2) is 12.1. The van der Waals surface area contributed by atoms with E-state index in [0.717, 1.165) is 35.4 Å². The normalized spacial score (nSPS) is 10.9. The van der Waals surface area contributed by atoms with Crippen molar-refractivity contribution in [2.75, 3.05) is 4.72 Å². The monoisotopic (exact) mass is 560 g/mol. The summed E-state index contributed by atoms with van der Waals surface area (Å²) in [6.45, 7) is 0.261. The van der Waals surface area contributed by atoms with Crippen LogP contribution in [0.1, 0.15) is 31.8 Å². The SMILES string of the molecule is O=C(Cc1ccccc1)NCc1cccc(Oc2ccc(NS(=O)(=O)c3ccc(C(=O)O)cc3)c(C(=O)O)c2)c1. The number of rotatable bonds is 11. The first-order valence-corrected chi connectivity index (χ1v) is 13.4. The van der Waals surface area contributed by atoms with Crippen LogP contribution in [0.2, 0.25) is 0 Å². The molecule has 204 valence electrons. The van der Waals surface area contributed by atoms with Crippen LogP contribution >= 0.6 is 0 Å². The lowest BCUT2D eigenvalue weighted by atomic mass is 10.1. The Balaban J connectivity index is 1.45. The molecule has 0 unspecified atom stereocenters. The molecule has 4 N–H and O–H groups in total. The Labute approximate surface area is 229 Å². The first kappa shape index (κ1) is 27.9. The molecule has 0 aliphatic heterocycles. The minimum Gasteiger partial charge on any atom is -0.478 e. The van der Waals surface area contributed by atoms with Gasteiger partial charge in [0.2, 0.25) is 5.91 Å². The summed E-state index contributed by atoms with van der Waals surface area (Å²) in [5, 5.41) is 21.5. The summed E-state index contributed by atoms with van der Waals surface area (Å²) in [6, 6.07) is 24.6. The standard InChI is InChI=1S/C29H24N2O8S/c32-27(16-19-5-2-1-3-6-19)30-18-20-7-4-8-22(15-20)39-23-11-14-26(25(17-23)29(35)36)31-40(37,38)24-12-9-21(10-13-24)28(33)34/h1-15,17,31H,16,18H2,(H,30,32)(H,33,34)(H,35,36). The van der Waals surface area contributed by atoms with Crippen LogP contribution in [0.4, 0.5) is 5.69 Å². The van der Waals surface area contributed by atoms with Gasteiger partial charge in [-0.05, 0) is 65.7 Å². The van der Waals surface area contributed by atoms with E-state index in [2.05, 4.69) is 10.0 Å². The number of aromatic carboxylic acids is 2. The van der Waals surface area contributed by atoms with Crippen molar-refractivity contribution in [3.63, 3.8) is 0 Å². The molecular formula is C29H24N2O8S. The maximum atomic E-state index is 12.8. The second-order valence-corrected chi connectivity index (χ2v) is 10.3. The molecule has 0 aliphatic rings. The molecule has 0 spiro atoms. The summed E-state index contributed by atoms with van der Waals surface area (Å²) in [6.07, 6.45) is 0.249. The molecule has 0 saturated carbocycles. The number of anilines is 1. The number of carbonyl (C=O) groups excluding carboxylic acids is 1. The van der Waals surface area contributed by atoms with Crippen molar-refractivity contribution in [3.05, 3.63) is 119 Å². The highest BCUT2D eigenvalue weighted by molar-refractivity contribution is 7.92. The van der Waals surface area contributed by atoms with Crippen molar-refractivity contribution < 1.29 is 37.8 Å². The van der Waals surface area contributed by atoms with Crippen molar-refractivity contribution in [2.45, 2.75) is 17.9 Å². The van der Waals surface area contributed by atoms with E-state index in [0.29, 0.717) is 5.75 Å². The highest BCUT2D eigenvalue weighted by Crippen LogP contribution is 2.29. The topological polar surface area (TPSA) is 159 Å². The highest BCUT2D eigenvalue weighted by Gasteiger charge is 2.20. The van der Waals surface area contributed by atoms with Crippen molar-refractivity contribution >= 4 is 33.6 Å². The average Bonchev–Trinajstić information content (AvgIpc) is 2.93.